The van der Waals surface area contributed by atoms with Crippen molar-refractivity contribution in [1.82, 2.24) is 24.7 Å². The third-order valence-corrected chi connectivity index (χ3v) is 5.43. The van der Waals surface area contributed by atoms with E-state index in [4.69, 9.17) is 4.52 Å². The van der Waals surface area contributed by atoms with E-state index in [-0.39, 0.29) is 5.56 Å². The first-order valence-corrected chi connectivity index (χ1v) is 9.64. The van der Waals surface area contributed by atoms with Gasteiger partial charge in [-0.1, -0.05) is 5.16 Å². The van der Waals surface area contributed by atoms with Gasteiger partial charge in [0.1, 0.15) is 5.76 Å². The molecule has 0 unspecified atom stereocenters. The van der Waals surface area contributed by atoms with Crippen LogP contribution >= 0.6 is 0 Å². The van der Waals surface area contributed by atoms with Gasteiger partial charge in [0.2, 0.25) is 0 Å². The third-order valence-electron chi connectivity index (χ3n) is 5.43. The molecular weight excluding hydrogens is 330 g/mol. The fraction of sp³-hybridized carbons (Fsp3) is 0.632. The van der Waals surface area contributed by atoms with E-state index < -0.39 is 0 Å². The van der Waals surface area contributed by atoms with E-state index in [2.05, 4.69) is 20.1 Å². The Kier molecular flexibility index (Phi) is 5.17. The second-order valence-corrected chi connectivity index (χ2v) is 7.43. The Bertz CT molecular complexity index is 805. The number of fused-ring (bicyclic) bond motifs is 1. The lowest BCUT2D eigenvalue weighted by atomic mass is 9.97. The molecule has 0 amide bonds. The van der Waals surface area contributed by atoms with Crippen molar-refractivity contribution in [3.05, 3.63) is 45.2 Å². The Balaban J connectivity index is 1.28. The maximum atomic E-state index is 12.3. The minimum absolute atomic E-state index is 0.0469. The number of hydrogen-bond acceptors (Lipinski definition) is 6. The topological polar surface area (TPSA) is 67.4 Å². The maximum absolute atomic E-state index is 12.3. The normalized spacial score (nSPS) is 18.8. The van der Waals surface area contributed by atoms with Crippen LogP contribution in [0.2, 0.25) is 0 Å². The number of aryl methyl sites for hydroxylation is 3. The summed E-state index contributed by atoms with van der Waals surface area (Å²) in [5.41, 5.74) is 3.34. The fourth-order valence-electron chi connectivity index (χ4n) is 3.89. The van der Waals surface area contributed by atoms with Crippen molar-refractivity contribution in [2.24, 2.45) is 0 Å². The van der Waals surface area contributed by atoms with E-state index >= 15 is 0 Å². The van der Waals surface area contributed by atoms with Gasteiger partial charge in [0.05, 0.1) is 17.9 Å². The first-order chi connectivity index (χ1) is 12.7. The van der Waals surface area contributed by atoms with Crippen LogP contribution in [0.15, 0.2) is 21.5 Å². The standard InChI is InChI=1S/C19H27N5O2/c1-15-12-17(21-26-15)14-23-8-6-22(7-9-23)10-11-24-19(25)13-16-4-2-3-5-18(16)20-24/h12-13H,2-11,14H2,1H3. The number of aromatic nitrogens is 3. The summed E-state index contributed by atoms with van der Waals surface area (Å²) < 4.78 is 6.80. The van der Waals surface area contributed by atoms with Gasteiger partial charge in [-0.05, 0) is 38.2 Å². The highest BCUT2D eigenvalue weighted by Gasteiger charge is 2.19. The summed E-state index contributed by atoms with van der Waals surface area (Å²) in [6.45, 7) is 8.36. The van der Waals surface area contributed by atoms with Crippen LogP contribution in [0.3, 0.4) is 0 Å². The highest BCUT2D eigenvalue weighted by atomic mass is 16.5. The molecule has 3 heterocycles. The molecule has 7 heteroatoms. The van der Waals surface area contributed by atoms with Gasteiger partial charge < -0.3 is 4.52 Å². The molecule has 2 aromatic rings. The van der Waals surface area contributed by atoms with E-state index in [1.54, 1.807) is 10.7 Å². The van der Waals surface area contributed by atoms with Crippen LogP contribution in [0.4, 0.5) is 0 Å². The van der Waals surface area contributed by atoms with Crippen molar-refractivity contribution in [3.8, 4) is 0 Å². The number of piperazine rings is 1. The van der Waals surface area contributed by atoms with Crippen molar-refractivity contribution in [3.63, 3.8) is 0 Å². The first kappa shape index (κ1) is 17.4. The van der Waals surface area contributed by atoms with Crippen molar-refractivity contribution in [2.75, 3.05) is 32.7 Å². The van der Waals surface area contributed by atoms with Crippen LogP contribution in [0.1, 0.15) is 35.6 Å². The molecule has 7 nitrogen and oxygen atoms in total. The molecule has 26 heavy (non-hydrogen) atoms. The van der Waals surface area contributed by atoms with Gasteiger partial charge in [0.25, 0.3) is 5.56 Å². The molecule has 0 spiro atoms. The summed E-state index contributed by atoms with van der Waals surface area (Å²) in [6.07, 6.45) is 4.38. The average molecular weight is 357 g/mol. The lowest BCUT2D eigenvalue weighted by Crippen LogP contribution is -2.47. The molecule has 1 fully saturated rings. The molecule has 2 aromatic heterocycles. The Morgan fingerprint density at radius 1 is 1.04 bits per heavy atom. The molecule has 0 aromatic carbocycles. The molecule has 1 aliphatic heterocycles. The van der Waals surface area contributed by atoms with Crippen LogP contribution in [0, 0.1) is 6.92 Å². The number of rotatable bonds is 5. The van der Waals surface area contributed by atoms with E-state index in [1.807, 2.05) is 13.0 Å². The van der Waals surface area contributed by atoms with Crippen molar-refractivity contribution in [1.29, 1.82) is 0 Å². The van der Waals surface area contributed by atoms with Gasteiger partial charge in [0.15, 0.2) is 0 Å². The molecule has 1 saturated heterocycles. The fourth-order valence-corrected chi connectivity index (χ4v) is 3.89. The zero-order valence-corrected chi connectivity index (χ0v) is 15.5. The number of hydrogen-bond donors (Lipinski definition) is 0. The lowest BCUT2D eigenvalue weighted by molar-refractivity contribution is 0.120. The molecule has 0 atom stereocenters. The van der Waals surface area contributed by atoms with Gasteiger partial charge in [-0.3, -0.25) is 14.6 Å². The Labute approximate surface area is 153 Å². The summed E-state index contributed by atoms with van der Waals surface area (Å²) in [5.74, 6) is 0.863. The summed E-state index contributed by atoms with van der Waals surface area (Å²) >= 11 is 0. The minimum atomic E-state index is 0.0469. The van der Waals surface area contributed by atoms with Gasteiger partial charge in [-0.15, -0.1) is 0 Å². The molecule has 0 bridgehead atoms. The quantitative estimate of drug-likeness (QED) is 0.802. The molecule has 140 valence electrons. The highest BCUT2D eigenvalue weighted by molar-refractivity contribution is 5.20. The largest absolute Gasteiger partial charge is 0.361 e. The van der Waals surface area contributed by atoms with Gasteiger partial charge >= 0.3 is 0 Å². The SMILES string of the molecule is Cc1cc(CN2CCN(CCn3nc4c(cc3=O)CCCC4)CC2)no1. The predicted octanol–water partition coefficient (Wildman–Crippen LogP) is 1.24. The Morgan fingerprint density at radius 3 is 2.58 bits per heavy atom. The predicted molar refractivity (Wildman–Crippen MR) is 98.1 cm³/mol. The van der Waals surface area contributed by atoms with E-state index in [0.29, 0.717) is 6.54 Å². The summed E-state index contributed by atoms with van der Waals surface area (Å²) in [7, 11) is 0. The Morgan fingerprint density at radius 2 is 1.81 bits per heavy atom. The van der Waals surface area contributed by atoms with Crippen LogP contribution in [0.25, 0.3) is 0 Å². The molecule has 2 aliphatic rings. The third kappa shape index (κ3) is 4.04. The molecular formula is C19H27N5O2. The van der Waals surface area contributed by atoms with Crippen molar-refractivity contribution in [2.45, 2.75) is 45.7 Å². The maximum Gasteiger partial charge on any atom is 0.267 e. The number of nitrogens with zero attached hydrogens (tertiary/aromatic N) is 5. The minimum Gasteiger partial charge on any atom is -0.361 e. The highest BCUT2D eigenvalue weighted by Crippen LogP contribution is 2.17. The molecule has 0 radical (unpaired) electrons. The molecule has 0 N–H and O–H groups in total. The zero-order valence-electron chi connectivity index (χ0n) is 15.5. The summed E-state index contributed by atoms with van der Waals surface area (Å²) in [5, 5.41) is 8.69. The van der Waals surface area contributed by atoms with Crippen molar-refractivity contribution < 1.29 is 4.52 Å². The smallest absolute Gasteiger partial charge is 0.267 e. The second-order valence-electron chi connectivity index (χ2n) is 7.43. The zero-order chi connectivity index (χ0) is 17.9. The van der Waals surface area contributed by atoms with Crippen molar-refractivity contribution >= 4 is 0 Å². The van der Waals surface area contributed by atoms with Crippen LogP contribution in [0.5, 0.6) is 0 Å². The van der Waals surface area contributed by atoms with E-state index in [9.17, 15) is 4.79 Å². The van der Waals surface area contributed by atoms with Gasteiger partial charge in [-0.2, -0.15) is 5.10 Å². The van der Waals surface area contributed by atoms with E-state index in [0.717, 1.165) is 74.8 Å². The van der Waals surface area contributed by atoms with Crippen LogP contribution in [-0.2, 0) is 25.9 Å². The molecule has 1 aliphatic carbocycles. The van der Waals surface area contributed by atoms with Gasteiger partial charge in [-0.25, -0.2) is 4.68 Å². The Hall–Kier alpha value is -1.99. The van der Waals surface area contributed by atoms with E-state index in [1.165, 1.54) is 12.8 Å². The monoisotopic (exact) mass is 357 g/mol. The molecule has 4 rings (SSSR count). The molecule has 0 saturated carbocycles. The van der Waals surface area contributed by atoms with Crippen LogP contribution < -0.4 is 5.56 Å². The first-order valence-electron chi connectivity index (χ1n) is 9.64. The van der Waals surface area contributed by atoms with Gasteiger partial charge in [0, 0.05) is 51.4 Å². The summed E-state index contributed by atoms with van der Waals surface area (Å²) in [6, 6.07) is 3.81. The average Bonchev–Trinajstić information content (AvgIpc) is 3.06. The summed E-state index contributed by atoms with van der Waals surface area (Å²) in [4.78, 5) is 17.1. The van der Waals surface area contributed by atoms with Crippen LogP contribution in [-0.4, -0.2) is 57.5 Å². The lowest BCUT2D eigenvalue weighted by Gasteiger charge is -2.34. The second kappa shape index (κ2) is 7.72.